The number of hydrogen-bond acceptors (Lipinski definition) is 5. The van der Waals surface area contributed by atoms with Crippen molar-refractivity contribution in [3.05, 3.63) is 35.7 Å². The van der Waals surface area contributed by atoms with Gasteiger partial charge >= 0.3 is 5.97 Å². The minimum absolute atomic E-state index is 0.246. The van der Waals surface area contributed by atoms with Gasteiger partial charge in [0.05, 0.1) is 6.54 Å². The first-order chi connectivity index (χ1) is 10.1. The topological polar surface area (TPSA) is 88.3 Å². The zero-order chi connectivity index (χ0) is 15.2. The number of aryl methyl sites for hydroxylation is 1. The Bertz CT molecular complexity index is 592. The van der Waals surface area contributed by atoms with E-state index in [9.17, 15) is 4.79 Å². The molecule has 1 aromatic heterocycles. The number of carboxylic acid groups (broad SMARTS) is 1. The second-order valence-electron chi connectivity index (χ2n) is 4.93. The molecule has 0 saturated heterocycles. The maximum atomic E-state index is 11.0. The van der Waals surface area contributed by atoms with Crippen molar-refractivity contribution in [2.75, 3.05) is 0 Å². The van der Waals surface area contributed by atoms with Gasteiger partial charge in [-0.25, -0.2) is 0 Å². The van der Waals surface area contributed by atoms with Gasteiger partial charge < -0.3 is 9.52 Å². The normalized spacial score (nSPS) is 12.3. The summed E-state index contributed by atoms with van der Waals surface area (Å²) in [5.74, 6) is -0.0442. The van der Waals surface area contributed by atoms with Crippen molar-refractivity contribution in [1.82, 2.24) is 15.5 Å². The van der Waals surface area contributed by atoms with Gasteiger partial charge in [0.15, 0.2) is 0 Å². The highest BCUT2D eigenvalue weighted by molar-refractivity contribution is 5.73. The lowest BCUT2D eigenvalue weighted by Gasteiger charge is -2.11. The first kappa shape index (κ1) is 15.2. The molecule has 21 heavy (non-hydrogen) atoms. The zero-order valence-corrected chi connectivity index (χ0v) is 12.2. The Morgan fingerprint density at radius 2 is 2.05 bits per heavy atom. The first-order valence-corrected chi connectivity index (χ1v) is 6.95. The highest BCUT2D eigenvalue weighted by Gasteiger charge is 2.17. The van der Waals surface area contributed by atoms with Gasteiger partial charge in [-0.3, -0.25) is 10.1 Å². The number of aliphatic carboxylic acids is 1. The number of nitrogens with one attached hydrogen (secondary N) is 1. The number of hydrogen-bond donors (Lipinski definition) is 2. The minimum Gasteiger partial charge on any atom is -0.480 e. The second kappa shape index (κ2) is 6.99. The van der Waals surface area contributed by atoms with E-state index in [4.69, 9.17) is 9.52 Å². The average Bonchev–Trinajstić information content (AvgIpc) is 2.92. The molecule has 0 saturated carbocycles. The Labute approximate surface area is 123 Å². The van der Waals surface area contributed by atoms with Gasteiger partial charge in [0, 0.05) is 5.56 Å². The van der Waals surface area contributed by atoms with E-state index in [1.807, 2.05) is 38.1 Å². The van der Waals surface area contributed by atoms with Crippen LogP contribution in [0.15, 0.2) is 28.7 Å². The van der Waals surface area contributed by atoms with Crippen molar-refractivity contribution in [3.8, 4) is 11.5 Å². The fourth-order valence-electron chi connectivity index (χ4n) is 1.95. The van der Waals surface area contributed by atoms with Crippen LogP contribution >= 0.6 is 0 Å². The fourth-order valence-corrected chi connectivity index (χ4v) is 1.95. The van der Waals surface area contributed by atoms with Crippen molar-refractivity contribution in [1.29, 1.82) is 0 Å². The van der Waals surface area contributed by atoms with E-state index in [0.29, 0.717) is 18.2 Å². The Morgan fingerprint density at radius 1 is 1.33 bits per heavy atom. The SMILES string of the molecule is CCCC(NCc1nnc(-c2ccc(C)cc2)o1)C(=O)O. The third kappa shape index (κ3) is 4.13. The molecule has 0 spiro atoms. The van der Waals surface area contributed by atoms with Gasteiger partial charge in [-0.05, 0) is 25.5 Å². The van der Waals surface area contributed by atoms with Gasteiger partial charge in [-0.1, -0.05) is 31.0 Å². The smallest absolute Gasteiger partial charge is 0.320 e. The number of rotatable bonds is 7. The highest BCUT2D eigenvalue weighted by atomic mass is 16.4. The molecule has 0 aliphatic rings. The molecule has 0 aliphatic carbocycles. The summed E-state index contributed by atoms with van der Waals surface area (Å²) < 4.78 is 5.54. The van der Waals surface area contributed by atoms with E-state index in [0.717, 1.165) is 17.5 Å². The third-order valence-electron chi connectivity index (χ3n) is 3.14. The molecule has 2 rings (SSSR count). The largest absolute Gasteiger partial charge is 0.480 e. The van der Waals surface area contributed by atoms with Crippen LogP contribution in [0.5, 0.6) is 0 Å². The lowest BCUT2D eigenvalue weighted by molar-refractivity contribution is -0.139. The molecule has 1 unspecified atom stereocenters. The van der Waals surface area contributed by atoms with Gasteiger partial charge in [0.1, 0.15) is 6.04 Å². The molecule has 0 bridgehead atoms. The second-order valence-corrected chi connectivity index (χ2v) is 4.93. The van der Waals surface area contributed by atoms with Crippen molar-refractivity contribution in [2.24, 2.45) is 0 Å². The predicted molar refractivity (Wildman–Crippen MR) is 77.6 cm³/mol. The number of benzene rings is 1. The molecule has 2 aromatic rings. The average molecular weight is 289 g/mol. The van der Waals surface area contributed by atoms with Crippen LogP contribution in [0.1, 0.15) is 31.2 Å². The monoisotopic (exact) mass is 289 g/mol. The summed E-state index contributed by atoms with van der Waals surface area (Å²) in [6.07, 6.45) is 1.36. The molecule has 6 nitrogen and oxygen atoms in total. The molecule has 0 radical (unpaired) electrons. The van der Waals surface area contributed by atoms with Crippen molar-refractivity contribution in [2.45, 2.75) is 39.3 Å². The van der Waals surface area contributed by atoms with Crippen LogP contribution in [0.4, 0.5) is 0 Å². The standard InChI is InChI=1S/C15H19N3O3/c1-3-4-12(15(19)20)16-9-13-17-18-14(21-13)11-7-5-10(2)6-8-11/h5-8,12,16H,3-4,9H2,1-2H3,(H,19,20). The number of carboxylic acids is 1. The Hall–Kier alpha value is -2.21. The predicted octanol–water partition coefficient (Wildman–Crippen LogP) is 2.39. The van der Waals surface area contributed by atoms with Crippen LogP contribution in [0.3, 0.4) is 0 Å². The Morgan fingerprint density at radius 3 is 2.67 bits per heavy atom. The molecule has 6 heteroatoms. The fraction of sp³-hybridized carbons (Fsp3) is 0.400. The van der Waals surface area contributed by atoms with E-state index in [2.05, 4.69) is 15.5 Å². The lowest BCUT2D eigenvalue weighted by atomic mass is 10.1. The number of carbonyl (C=O) groups is 1. The van der Waals surface area contributed by atoms with Crippen LogP contribution in [0.2, 0.25) is 0 Å². The summed E-state index contributed by atoms with van der Waals surface area (Å²) >= 11 is 0. The maximum absolute atomic E-state index is 11.0. The van der Waals surface area contributed by atoms with E-state index >= 15 is 0 Å². The molecule has 0 aliphatic heterocycles. The van der Waals surface area contributed by atoms with Gasteiger partial charge in [-0.15, -0.1) is 10.2 Å². The highest BCUT2D eigenvalue weighted by Crippen LogP contribution is 2.18. The van der Waals surface area contributed by atoms with E-state index < -0.39 is 12.0 Å². The van der Waals surface area contributed by atoms with E-state index in [1.54, 1.807) is 0 Å². The van der Waals surface area contributed by atoms with Gasteiger partial charge in [-0.2, -0.15) is 0 Å². The third-order valence-corrected chi connectivity index (χ3v) is 3.14. The van der Waals surface area contributed by atoms with Gasteiger partial charge in [0.25, 0.3) is 0 Å². The molecule has 0 amide bonds. The molecule has 1 aromatic carbocycles. The quantitative estimate of drug-likeness (QED) is 0.813. The van der Waals surface area contributed by atoms with Crippen LogP contribution < -0.4 is 5.32 Å². The summed E-state index contributed by atoms with van der Waals surface area (Å²) in [5.41, 5.74) is 2.01. The van der Waals surface area contributed by atoms with E-state index in [1.165, 1.54) is 0 Å². The number of aromatic nitrogens is 2. The molecule has 1 atom stereocenters. The minimum atomic E-state index is -0.866. The summed E-state index contributed by atoms with van der Waals surface area (Å²) in [6.45, 7) is 4.20. The van der Waals surface area contributed by atoms with Crippen LogP contribution in [-0.2, 0) is 11.3 Å². The molecule has 112 valence electrons. The molecular weight excluding hydrogens is 270 g/mol. The van der Waals surface area contributed by atoms with Crippen LogP contribution in [0.25, 0.3) is 11.5 Å². The van der Waals surface area contributed by atoms with Crippen LogP contribution in [0, 0.1) is 6.92 Å². The molecule has 2 N–H and O–H groups in total. The molecular formula is C15H19N3O3. The summed E-state index contributed by atoms with van der Waals surface area (Å²) in [7, 11) is 0. The summed E-state index contributed by atoms with van der Waals surface area (Å²) in [6, 6.07) is 7.18. The summed E-state index contributed by atoms with van der Waals surface area (Å²) in [5, 5.41) is 19.9. The first-order valence-electron chi connectivity index (χ1n) is 6.95. The van der Waals surface area contributed by atoms with Crippen molar-refractivity contribution in [3.63, 3.8) is 0 Å². The van der Waals surface area contributed by atoms with E-state index in [-0.39, 0.29) is 6.54 Å². The van der Waals surface area contributed by atoms with Gasteiger partial charge in [0.2, 0.25) is 11.8 Å². The van der Waals surface area contributed by atoms with Crippen molar-refractivity contribution >= 4 is 5.97 Å². The molecule has 0 fully saturated rings. The Balaban J connectivity index is 2.00. The summed E-state index contributed by atoms with van der Waals surface area (Å²) in [4.78, 5) is 11.0. The molecule has 1 heterocycles. The van der Waals surface area contributed by atoms with Crippen molar-refractivity contribution < 1.29 is 14.3 Å². The Kier molecular flexibility index (Phi) is 5.05. The lowest BCUT2D eigenvalue weighted by Crippen LogP contribution is -2.36. The maximum Gasteiger partial charge on any atom is 0.320 e. The number of nitrogens with zero attached hydrogens (tertiary/aromatic N) is 2. The zero-order valence-electron chi connectivity index (χ0n) is 12.2. The van der Waals surface area contributed by atoms with Crippen LogP contribution in [-0.4, -0.2) is 27.3 Å².